The van der Waals surface area contributed by atoms with Crippen LogP contribution in [0.1, 0.15) is 26.0 Å². The molecule has 18 heavy (non-hydrogen) atoms. The predicted octanol–water partition coefficient (Wildman–Crippen LogP) is 0.496. The zero-order chi connectivity index (χ0) is 13.9. The van der Waals surface area contributed by atoms with Crippen molar-refractivity contribution in [3.8, 4) is 0 Å². The summed E-state index contributed by atoms with van der Waals surface area (Å²) >= 11 is 0. The molecule has 1 aromatic heterocycles. The van der Waals surface area contributed by atoms with Gasteiger partial charge in [0.05, 0.1) is 11.9 Å². The average Bonchev–Trinajstić information content (AvgIpc) is 2.72. The van der Waals surface area contributed by atoms with E-state index in [-0.39, 0.29) is 10.8 Å². The van der Waals surface area contributed by atoms with E-state index in [1.807, 2.05) is 0 Å². The highest BCUT2D eigenvalue weighted by molar-refractivity contribution is 7.89. The lowest BCUT2D eigenvalue weighted by Gasteiger charge is -2.19. The third-order valence-corrected chi connectivity index (χ3v) is 4.39. The van der Waals surface area contributed by atoms with Crippen LogP contribution in [-0.2, 0) is 14.8 Å². The maximum Gasteiger partial charge on any atom is 0.322 e. The Morgan fingerprint density at radius 1 is 1.61 bits per heavy atom. The summed E-state index contributed by atoms with van der Waals surface area (Å²) in [7, 11) is -3.87. The first-order valence-electron chi connectivity index (χ1n) is 5.54. The lowest BCUT2D eigenvalue weighted by Crippen LogP contribution is -2.44. The standard InChI is InChI=1S/C10H17N3O4S/c1-4-6(2)9(10(14)15)13-18(16,17)8-5-11-12-7(8)3/h5-6,9,13H,4H2,1-3H3,(H,11,12)(H,14,15). The van der Waals surface area contributed by atoms with Crippen molar-refractivity contribution in [1.29, 1.82) is 0 Å². The van der Waals surface area contributed by atoms with Gasteiger partial charge in [0.15, 0.2) is 0 Å². The second kappa shape index (κ2) is 5.49. The zero-order valence-corrected chi connectivity index (χ0v) is 11.3. The maximum absolute atomic E-state index is 12.0. The average molecular weight is 275 g/mol. The van der Waals surface area contributed by atoms with E-state index < -0.39 is 22.0 Å². The topological polar surface area (TPSA) is 112 Å². The van der Waals surface area contributed by atoms with Crippen molar-refractivity contribution in [2.75, 3.05) is 0 Å². The number of aryl methyl sites for hydroxylation is 1. The van der Waals surface area contributed by atoms with Gasteiger partial charge in [0.2, 0.25) is 10.0 Å². The van der Waals surface area contributed by atoms with Gasteiger partial charge in [0, 0.05) is 0 Å². The summed E-state index contributed by atoms with van der Waals surface area (Å²) in [6.07, 6.45) is 1.72. The molecule has 0 spiro atoms. The minimum absolute atomic E-state index is 0.0305. The molecule has 0 aliphatic carbocycles. The van der Waals surface area contributed by atoms with Crippen molar-refractivity contribution < 1.29 is 18.3 Å². The molecule has 0 aromatic carbocycles. The number of carbonyl (C=O) groups is 1. The van der Waals surface area contributed by atoms with Crippen molar-refractivity contribution in [2.24, 2.45) is 5.92 Å². The number of carboxylic acids is 1. The van der Waals surface area contributed by atoms with Crippen LogP contribution in [0.2, 0.25) is 0 Å². The number of carboxylic acid groups (broad SMARTS) is 1. The molecule has 0 bridgehead atoms. The number of nitrogens with one attached hydrogen (secondary N) is 2. The molecule has 0 saturated heterocycles. The number of H-pyrrole nitrogens is 1. The molecule has 0 radical (unpaired) electrons. The number of aromatic amines is 1. The summed E-state index contributed by atoms with van der Waals surface area (Å²) in [5, 5.41) is 15.2. The highest BCUT2D eigenvalue weighted by Gasteiger charge is 2.30. The van der Waals surface area contributed by atoms with Crippen molar-refractivity contribution in [3.05, 3.63) is 11.9 Å². The van der Waals surface area contributed by atoms with Gasteiger partial charge in [-0.15, -0.1) is 0 Å². The van der Waals surface area contributed by atoms with E-state index in [2.05, 4.69) is 14.9 Å². The molecular weight excluding hydrogens is 258 g/mol. The molecule has 8 heteroatoms. The van der Waals surface area contributed by atoms with Crippen molar-refractivity contribution in [3.63, 3.8) is 0 Å². The lowest BCUT2D eigenvalue weighted by atomic mass is 10.0. The maximum atomic E-state index is 12.0. The quantitative estimate of drug-likeness (QED) is 0.699. The summed E-state index contributed by atoms with van der Waals surface area (Å²) in [5.41, 5.74) is 0.371. The Balaban J connectivity index is 3.01. The molecule has 1 heterocycles. The first kappa shape index (κ1) is 14.7. The summed E-state index contributed by atoms with van der Waals surface area (Å²) in [5.74, 6) is -1.49. The molecule has 7 nitrogen and oxygen atoms in total. The van der Waals surface area contributed by atoms with Crippen LogP contribution in [0, 0.1) is 12.8 Å². The van der Waals surface area contributed by atoms with E-state index in [4.69, 9.17) is 5.11 Å². The van der Waals surface area contributed by atoms with Gasteiger partial charge < -0.3 is 5.11 Å². The molecule has 0 aliphatic heterocycles. The fourth-order valence-electron chi connectivity index (χ4n) is 1.49. The normalized spacial score (nSPS) is 15.3. The molecule has 0 saturated carbocycles. The third kappa shape index (κ3) is 3.08. The molecule has 102 valence electrons. The van der Waals surface area contributed by atoms with E-state index >= 15 is 0 Å². The number of aliphatic carboxylic acids is 1. The van der Waals surface area contributed by atoms with Gasteiger partial charge in [-0.05, 0) is 12.8 Å². The number of aromatic nitrogens is 2. The molecule has 1 aromatic rings. The van der Waals surface area contributed by atoms with Gasteiger partial charge in [0.25, 0.3) is 0 Å². The van der Waals surface area contributed by atoms with Crippen LogP contribution in [0.4, 0.5) is 0 Å². The number of nitrogens with zero attached hydrogens (tertiary/aromatic N) is 1. The number of hydrogen-bond donors (Lipinski definition) is 3. The minimum atomic E-state index is -3.87. The van der Waals surface area contributed by atoms with Gasteiger partial charge in [0.1, 0.15) is 10.9 Å². The van der Waals surface area contributed by atoms with E-state index in [1.165, 1.54) is 0 Å². The third-order valence-electron chi connectivity index (χ3n) is 2.83. The Morgan fingerprint density at radius 3 is 2.61 bits per heavy atom. The first-order chi connectivity index (χ1) is 8.29. The number of hydrogen-bond acceptors (Lipinski definition) is 4. The van der Waals surface area contributed by atoms with Gasteiger partial charge in [-0.2, -0.15) is 9.82 Å². The summed E-state index contributed by atoms with van der Waals surface area (Å²) < 4.78 is 26.2. The SMILES string of the molecule is CCC(C)C(NS(=O)(=O)c1cn[nH]c1C)C(=O)O. The van der Waals surface area contributed by atoms with Crippen LogP contribution in [-0.4, -0.2) is 35.7 Å². The Bertz CT molecular complexity index is 523. The van der Waals surface area contributed by atoms with Gasteiger partial charge in [-0.3, -0.25) is 9.89 Å². The van der Waals surface area contributed by atoms with Gasteiger partial charge in [-0.25, -0.2) is 8.42 Å². The first-order valence-corrected chi connectivity index (χ1v) is 7.03. The fraction of sp³-hybridized carbons (Fsp3) is 0.600. The Hall–Kier alpha value is -1.41. The Labute approximate surface area is 106 Å². The zero-order valence-electron chi connectivity index (χ0n) is 10.5. The predicted molar refractivity (Wildman–Crippen MR) is 64.5 cm³/mol. The van der Waals surface area contributed by atoms with E-state index in [9.17, 15) is 13.2 Å². The number of sulfonamides is 1. The monoisotopic (exact) mass is 275 g/mol. The van der Waals surface area contributed by atoms with Crippen LogP contribution in [0.3, 0.4) is 0 Å². The van der Waals surface area contributed by atoms with Crippen LogP contribution in [0.15, 0.2) is 11.1 Å². The van der Waals surface area contributed by atoms with E-state index in [0.29, 0.717) is 12.1 Å². The van der Waals surface area contributed by atoms with Crippen LogP contribution in [0.25, 0.3) is 0 Å². The molecule has 3 N–H and O–H groups in total. The largest absolute Gasteiger partial charge is 0.480 e. The molecule has 0 aliphatic rings. The molecule has 2 unspecified atom stereocenters. The molecule has 1 rings (SSSR count). The second-order valence-corrected chi connectivity index (χ2v) is 5.86. The Morgan fingerprint density at radius 2 is 2.22 bits per heavy atom. The Kier molecular flexibility index (Phi) is 4.47. The molecule has 2 atom stereocenters. The van der Waals surface area contributed by atoms with Gasteiger partial charge >= 0.3 is 5.97 Å². The van der Waals surface area contributed by atoms with Crippen molar-refractivity contribution in [1.82, 2.24) is 14.9 Å². The fourth-order valence-corrected chi connectivity index (χ4v) is 2.92. The lowest BCUT2D eigenvalue weighted by molar-refractivity contribution is -0.140. The minimum Gasteiger partial charge on any atom is -0.480 e. The highest BCUT2D eigenvalue weighted by atomic mass is 32.2. The summed E-state index contributed by atoms with van der Waals surface area (Å²) in [6.45, 7) is 5.04. The molecule has 0 fully saturated rings. The number of rotatable bonds is 6. The van der Waals surface area contributed by atoms with E-state index in [1.54, 1.807) is 20.8 Å². The van der Waals surface area contributed by atoms with Crippen molar-refractivity contribution in [2.45, 2.75) is 38.1 Å². The van der Waals surface area contributed by atoms with Gasteiger partial charge in [-0.1, -0.05) is 20.3 Å². The van der Waals surface area contributed by atoms with E-state index in [0.717, 1.165) is 6.20 Å². The molecule has 0 amide bonds. The van der Waals surface area contributed by atoms with Crippen LogP contribution < -0.4 is 4.72 Å². The smallest absolute Gasteiger partial charge is 0.322 e. The molecular formula is C10H17N3O4S. The highest BCUT2D eigenvalue weighted by Crippen LogP contribution is 2.15. The van der Waals surface area contributed by atoms with Crippen molar-refractivity contribution >= 4 is 16.0 Å². The van der Waals surface area contributed by atoms with Crippen LogP contribution in [0.5, 0.6) is 0 Å². The summed E-state index contributed by atoms with van der Waals surface area (Å²) in [4.78, 5) is 11.1. The summed E-state index contributed by atoms with van der Waals surface area (Å²) in [6, 6.07) is -1.14. The van der Waals surface area contributed by atoms with Crippen LogP contribution >= 0.6 is 0 Å². The second-order valence-electron chi connectivity index (χ2n) is 4.18.